The van der Waals surface area contributed by atoms with Crippen molar-refractivity contribution in [2.75, 3.05) is 13.2 Å². The second-order valence-electron chi connectivity index (χ2n) is 3.84. The van der Waals surface area contributed by atoms with Gasteiger partial charge in [-0.1, -0.05) is 0 Å². The first kappa shape index (κ1) is 10.2. The van der Waals surface area contributed by atoms with E-state index >= 15 is 0 Å². The average Bonchev–Trinajstić information content (AvgIpc) is 2.62. The van der Waals surface area contributed by atoms with Crippen LogP contribution in [0.25, 0.3) is 0 Å². The van der Waals surface area contributed by atoms with Crippen molar-refractivity contribution in [3.63, 3.8) is 0 Å². The third kappa shape index (κ3) is 2.21. The minimum Gasteiger partial charge on any atom is -0.396 e. The lowest BCUT2D eigenvalue weighted by atomic mass is 10.3. The first-order valence-corrected chi connectivity index (χ1v) is 5.34. The highest BCUT2D eigenvalue weighted by Gasteiger charge is 2.18. The Morgan fingerprint density at radius 2 is 2.33 bits per heavy atom. The molecular weight excluding hydrogens is 192 g/mol. The highest BCUT2D eigenvalue weighted by atomic mass is 16.3. The van der Waals surface area contributed by atoms with Crippen LogP contribution in [-0.2, 0) is 17.9 Å². The molecule has 1 aliphatic heterocycles. The van der Waals surface area contributed by atoms with Gasteiger partial charge in [0.05, 0.1) is 6.54 Å². The van der Waals surface area contributed by atoms with Gasteiger partial charge in [-0.05, 0) is 18.6 Å². The molecule has 0 saturated heterocycles. The molecule has 1 aromatic rings. The Morgan fingerprint density at radius 1 is 1.47 bits per heavy atom. The van der Waals surface area contributed by atoms with E-state index in [2.05, 4.69) is 4.57 Å². The van der Waals surface area contributed by atoms with Crippen LogP contribution in [-0.4, -0.2) is 33.6 Å². The van der Waals surface area contributed by atoms with E-state index in [-0.39, 0.29) is 12.5 Å². The molecule has 0 fully saturated rings. The lowest BCUT2D eigenvalue weighted by Crippen LogP contribution is -2.30. The van der Waals surface area contributed by atoms with Crippen LogP contribution in [0.1, 0.15) is 18.5 Å². The number of aromatic nitrogens is 1. The average molecular weight is 208 g/mol. The number of carbonyl (C=O) groups excluding carboxylic acids is 1. The molecule has 2 heterocycles. The van der Waals surface area contributed by atoms with Crippen molar-refractivity contribution in [2.24, 2.45) is 0 Å². The Kier molecular flexibility index (Phi) is 3.06. The molecule has 0 spiro atoms. The third-order valence-corrected chi connectivity index (χ3v) is 2.78. The molecule has 1 amide bonds. The van der Waals surface area contributed by atoms with Gasteiger partial charge in [-0.25, -0.2) is 0 Å². The van der Waals surface area contributed by atoms with E-state index in [1.807, 2.05) is 23.2 Å². The third-order valence-electron chi connectivity index (χ3n) is 2.78. The topological polar surface area (TPSA) is 45.5 Å². The van der Waals surface area contributed by atoms with Crippen LogP contribution < -0.4 is 0 Å². The van der Waals surface area contributed by atoms with Crippen LogP contribution in [0, 0.1) is 0 Å². The van der Waals surface area contributed by atoms with Gasteiger partial charge in [0.2, 0.25) is 5.91 Å². The number of amides is 1. The number of fused-ring (bicyclic) bond motifs is 1. The van der Waals surface area contributed by atoms with Crippen molar-refractivity contribution in [1.29, 1.82) is 0 Å². The maximum atomic E-state index is 11.7. The van der Waals surface area contributed by atoms with Crippen molar-refractivity contribution in [3.8, 4) is 0 Å². The molecule has 82 valence electrons. The Balaban J connectivity index is 2.08. The molecule has 0 atom stereocenters. The molecule has 15 heavy (non-hydrogen) atoms. The van der Waals surface area contributed by atoms with E-state index in [1.54, 1.807) is 0 Å². The molecule has 4 nitrogen and oxygen atoms in total. The van der Waals surface area contributed by atoms with E-state index in [0.717, 1.165) is 6.54 Å². The van der Waals surface area contributed by atoms with Crippen LogP contribution in [0.4, 0.5) is 0 Å². The normalized spacial score (nSPS) is 16.3. The maximum absolute atomic E-state index is 11.7. The lowest BCUT2D eigenvalue weighted by Gasteiger charge is -2.19. The Bertz CT molecular complexity index is 346. The summed E-state index contributed by atoms with van der Waals surface area (Å²) in [6, 6.07) is 4.06. The molecule has 2 rings (SSSR count). The second kappa shape index (κ2) is 4.49. The summed E-state index contributed by atoms with van der Waals surface area (Å²) < 4.78 is 2.12. The van der Waals surface area contributed by atoms with E-state index < -0.39 is 0 Å². The Labute approximate surface area is 89.1 Å². The molecule has 1 aromatic heterocycles. The summed E-state index contributed by atoms with van der Waals surface area (Å²) >= 11 is 0. The molecule has 0 saturated carbocycles. The van der Waals surface area contributed by atoms with Crippen molar-refractivity contribution >= 4 is 5.91 Å². The number of rotatable bonds is 3. The van der Waals surface area contributed by atoms with Gasteiger partial charge in [-0.3, -0.25) is 4.79 Å². The molecule has 0 aliphatic carbocycles. The van der Waals surface area contributed by atoms with Gasteiger partial charge < -0.3 is 14.6 Å². The van der Waals surface area contributed by atoms with Crippen molar-refractivity contribution < 1.29 is 9.90 Å². The van der Waals surface area contributed by atoms with E-state index in [9.17, 15) is 4.79 Å². The zero-order valence-electron chi connectivity index (χ0n) is 8.72. The van der Waals surface area contributed by atoms with Crippen LogP contribution in [0.3, 0.4) is 0 Å². The number of aliphatic hydroxyl groups is 1. The Morgan fingerprint density at radius 3 is 3.13 bits per heavy atom. The van der Waals surface area contributed by atoms with E-state index in [0.29, 0.717) is 25.9 Å². The van der Waals surface area contributed by atoms with Crippen molar-refractivity contribution in [1.82, 2.24) is 9.47 Å². The second-order valence-corrected chi connectivity index (χ2v) is 3.84. The Hall–Kier alpha value is -1.29. The van der Waals surface area contributed by atoms with Crippen molar-refractivity contribution in [3.05, 3.63) is 24.0 Å². The van der Waals surface area contributed by atoms with Crippen LogP contribution in [0.15, 0.2) is 18.3 Å². The zero-order chi connectivity index (χ0) is 10.7. The number of nitrogens with zero attached hydrogens (tertiary/aromatic N) is 2. The molecule has 0 aromatic carbocycles. The largest absolute Gasteiger partial charge is 0.396 e. The van der Waals surface area contributed by atoms with Gasteiger partial charge in [0, 0.05) is 38.0 Å². The number of hydrogen-bond acceptors (Lipinski definition) is 2. The molecule has 0 bridgehead atoms. The number of aryl methyl sites for hydroxylation is 1. The molecular formula is C11H16N2O2. The first-order chi connectivity index (χ1) is 7.31. The SMILES string of the molecule is O=C1CCn2cccc2CN1CCCO. The van der Waals surface area contributed by atoms with Gasteiger partial charge in [0.25, 0.3) is 0 Å². The van der Waals surface area contributed by atoms with Crippen LogP contribution in [0.2, 0.25) is 0 Å². The summed E-state index contributed by atoms with van der Waals surface area (Å²) in [4.78, 5) is 13.5. The highest BCUT2D eigenvalue weighted by Crippen LogP contribution is 2.13. The van der Waals surface area contributed by atoms with E-state index in [4.69, 9.17) is 5.11 Å². The molecule has 0 unspecified atom stereocenters. The minimum absolute atomic E-state index is 0.144. The van der Waals surface area contributed by atoms with Gasteiger partial charge in [0.1, 0.15) is 0 Å². The maximum Gasteiger partial charge on any atom is 0.224 e. The summed E-state index contributed by atoms with van der Waals surface area (Å²) in [5.74, 6) is 0.187. The fourth-order valence-corrected chi connectivity index (χ4v) is 1.93. The quantitative estimate of drug-likeness (QED) is 0.790. The van der Waals surface area contributed by atoms with E-state index in [1.165, 1.54) is 5.69 Å². The fraction of sp³-hybridized carbons (Fsp3) is 0.545. The number of aliphatic hydroxyl groups excluding tert-OH is 1. The monoisotopic (exact) mass is 208 g/mol. The predicted molar refractivity (Wildman–Crippen MR) is 56.2 cm³/mol. The lowest BCUT2D eigenvalue weighted by molar-refractivity contribution is -0.131. The van der Waals surface area contributed by atoms with Gasteiger partial charge in [-0.15, -0.1) is 0 Å². The smallest absolute Gasteiger partial charge is 0.224 e. The summed E-state index contributed by atoms with van der Waals surface area (Å²) in [5.41, 5.74) is 1.18. The summed E-state index contributed by atoms with van der Waals surface area (Å²) in [7, 11) is 0. The van der Waals surface area contributed by atoms with Gasteiger partial charge in [0.15, 0.2) is 0 Å². The highest BCUT2D eigenvalue weighted by molar-refractivity contribution is 5.76. The molecule has 4 heteroatoms. The minimum atomic E-state index is 0.144. The number of hydrogen-bond donors (Lipinski definition) is 1. The van der Waals surface area contributed by atoms with Gasteiger partial charge in [-0.2, -0.15) is 0 Å². The zero-order valence-corrected chi connectivity index (χ0v) is 8.72. The van der Waals surface area contributed by atoms with Crippen molar-refractivity contribution in [2.45, 2.75) is 25.9 Å². The van der Waals surface area contributed by atoms with Crippen LogP contribution >= 0.6 is 0 Å². The summed E-state index contributed by atoms with van der Waals surface area (Å²) in [6.07, 6.45) is 3.23. The summed E-state index contributed by atoms with van der Waals surface area (Å²) in [5, 5.41) is 8.77. The van der Waals surface area contributed by atoms with Gasteiger partial charge >= 0.3 is 0 Å². The fourth-order valence-electron chi connectivity index (χ4n) is 1.93. The summed E-state index contributed by atoms with van der Waals surface area (Å²) in [6.45, 7) is 2.24. The first-order valence-electron chi connectivity index (χ1n) is 5.34. The molecule has 1 N–H and O–H groups in total. The van der Waals surface area contributed by atoms with Crippen LogP contribution in [0.5, 0.6) is 0 Å². The number of carbonyl (C=O) groups is 1. The predicted octanol–water partition coefficient (Wildman–Crippen LogP) is 0.603. The molecule has 0 radical (unpaired) electrons. The standard InChI is InChI=1S/C11H16N2O2/c14-8-2-6-13-9-10-3-1-5-12(10)7-4-11(13)15/h1,3,5,14H,2,4,6-9H2. The molecule has 1 aliphatic rings.